The van der Waals surface area contributed by atoms with E-state index in [1.807, 2.05) is 48.9 Å². The van der Waals surface area contributed by atoms with E-state index < -0.39 is 11.5 Å². The number of aromatic nitrogens is 4. The van der Waals surface area contributed by atoms with Gasteiger partial charge in [-0.3, -0.25) is 14.4 Å². The molecule has 0 N–H and O–H groups in total. The van der Waals surface area contributed by atoms with Crippen LogP contribution in [0.15, 0.2) is 64.1 Å². The standard InChI is InChI=1S/C29H28BrClN6O3/c1-3-34-14-22(26(38)21-13-19(31)8-11-23(21)34)27(39)35-16-29(2,17-35)25-15-37(33-32-25)24-5-4-12-36(28(24)40)20-9-6-18(30)7-10-20/h6-11,13-15,24H,3-5,12,16-17H2,1-2H3. The zero-order valence-corrected chi connectivity index (χ0v) is 24.5. The molecule has 2 saturated heterocycles. The van der Waals surface area contributed by atoms with Crippen LogP contribution in [-0.2, 0) is 16.8 Å². The van der Waals surface area contributed by atoms with Crippen LogP contribution in [0.5, 0.6) is 0 Å². The Morgan fingerprint density at radius 1 is 1.12 bits per heavy atom. The fraction of sp³-hybridized carbons (Fsp3) is 0.345. The molecule has 0 saturated carbocycles. The van der Waals surface area contributed by atoms with Gasteiger partial charge < -0.3 is 14.4 Å². The lowest BCUT2D eigenvalue weighted by Crippen LogP contribution is -2.60. The van der Waals surface area contributed by atoms with Crippen LogP contribution in [0.3, 0.4) is 0 Å². The van der Waals surface area contributed by atoms with E-state index in [-0.39, 0.29) is 22.8 Å². The van der Waals surface area contributed by atoms with Gasteiger partial charge in [-0.2, -0.15) is 0 Å². The van der Waals surface area contributed by atoms with Gasteiger partial charge in [-0.25, -0.2) is 4.68 Å². The number of hydrogen-bond acceptors (Lipinski definition) is 5. The first-order chi connectivity index (χ1) is 19.2. The van der Waals surface area contributed by atoms with Crippen LogP contribution < -0.4 is 10.3 Å². The maximum absolute atomic E-state index is 13.4. The minimum atomic E-state index is -0.433. The molecule has 2 aromatic carbocycles. The molecule has 206 valence electrons. The predicted octanol–water partition coefficient (Wildman–Crippen LogP) is 4.81. The Hall–Kier alpha value is -3.50. The Balaban J connectivity index is 1.19. The number of fused-ring (bicyclic) bond motifs is 1. The molecule has 2 aliphatic rings. The average molecular weight is 624 g/mol. The van der Waals surface area contributed by atoms with Gasteiger partial charge in [0.05, 0.1) is 17.4 Å². The number of aryl methyl sites for hydroxylation is 1. The number of likely N-dealkylation sites (tertiary alicyclic amines) is 1. The molecule has 4 aromatic rings. The predicted molar refractivity (Wildman–Crippen MR) is 157 cm³/mol. The molecular weight excluding hydrogens is 596 g/mol. The lowest BCUT2D eigenvalue weighted by Gasteiger charge is -2.46. The second-order valence-electron chi connectivity index (χ2n) is 10.7. The van der Waals surface area contributed by atoms with Crippen molar-refractivity contribution in [3.05, 3.63) is 85.8 Å². The molecule has 40 heavy (non-hydrogen) atoms. The van der Waals surface area contributed by atoms with E-state index in [2.05, 4.69) is 26.2 Å². The van der Waals surface area contributed by atoms with Crippen LogP contribution in [0.4, 0.5) is 5.69 Å². The Morgan fingerprint density at radius 2 is 1.88 bits per heavy atom. The Bertz CT molecular complexity index is 1690. The zero-order valence-electron chi connectivity index (χ0n) is 22.2. The molecule has 0 aliphatic carbocycles. The number of rotatable bonds is 5. The number of pyridine rings is 1. The molecule has 2 aliphatic heterocycles. The molecule has 1 unspecified atom stereocenters. The highest BCUT2D eigenvalue weighted by atomic mass is 79.9. The molecule has 0 spiro atoms. The van der Waals surface area contributed by atoms with E-state index in [0.717, 1.165) is 27.8 Å². The lowest BCUT2D eigenvalue weighted by molar-refractivity contribution is -0.123. The molecule has 9 nitrogen and oxygen atoms in total. The number of carbonyl (C=O) groups is 2. The fourth-order valence-electron chi connectivity index (χ4n) is 5.74. The molecule has 1 atom stereocenters. The summed E-state index contributed by atoms with van der Waals surface area (Å²) in [4.78, 5) is 43.5. The number of nitrogens with zero attached hydrogens (tertiary/aromatic N) is 6. The van der Waals surface area contributed by atoms with Crippen molar-refractivity contribution in [1.29, 1.82) is 0 Å². The van der Waals surface area contributed by atoms with Gasteiger partial charge in [-0.05, 0) is 62.2 Å². The van der Waals surface area contributed by atoms with Gasteiger partial charge in [0.1, 0.15) is 11.6 Å². The van der Waals surface area contributed by atoms with Crippen LogP contribution in [-0.4, -0.2) is 55.9 Å². The summed E-state index contributed by atoms with van der Waals surface area (Å²) in [6.45, 7) is 6.05. The summed E-state index contributed by atoms with van der Waals surface area (Å²) in [5, 5.41) is 9.62. The van der Waals surface area contributed by atoms with Crippen molar-refractivity contribution in [2.45, 2.75) is 44.7 Å². The summed E-state index contributed by atoms with van der Waals surface area (Å²) in [6.07, 6.45) is 5.01. The smallest absolute Gasteiger partial charge is 0.259 e. The molecule has 4 heterocycles. The first-order valence-corrected chi connectivity index (χ1v) is 14.5. The summed E-state index contributed by atoms with van der Waals surface area (Å²) in [5.41, 5.74) is 1.70. The van der Waals surface area contributed by atoms with Crippen LogP contribution in [0.25, 0.3) is 10.9 Å². The van der Waals surface area contributed by atoms with Crippen molar-refractivity contribution in [3.63, 3.8) is 0 Å². The van der Waals surface area contributed by atoms with E-state index in [1.165, 1.54) is 0 Å². The molecular formula is C29H28BrClN6O3. The molecule has 0 radical (unpaired) electrons. The number of hydrogen-bond donors (Lipinski definition) is 0. The average Bonchev–Trinajstić information content (AvgIpc) is 3.43. The second kappa shape index (κ2) is 10.2. The van der Waals surface area contributed by atoms with Crippen molar-refractivity contribution in [2.24, 2.45) is 0 Å². The molecule has 11 heteroatoms. The van der Waals surface area contributed by atoms with Crippen LogP contribution in [0.1, 0.15) is 48.8 Å². The Kier molecular flexibility index (Phi) is 6.78. The minimum Gasteiger partial charge on any atom is -0.347 e. The summed E-state index contributed by atoms with van der Waals surface area (Å²) < 4.78 is 4.51. The van der Waals surface area contributed by atoms with Crippen molar-refractivity contribution in [3.8, 4) is 0 Å². The van der Waals surface area contributed by atoms with E-state index in [4.69, 9.17) is 11.6 Å². The Labute approximate surface area is 244 Å². The summed E-state index contributed by atoms with van der Waals surface area (Å²) in [7, 11) is 0. The maximum atomic E-state index is 13.4. The van der Waals surface area contributed by atoms with Crippen molar-refractivity contribution in [1.82, 2.24) is 24.5 Å². The SMILES string of the molecule is CCn1cc(C(=O)N2CC(C)(c3cn(C4CCCN(c5ccc(Br)cc5)C4=O)nn3)C2)c(=O)c2cc(Cl)ccc21. The number of halogens is 2. The minimum absolute atomic E-state index is 0.01000. The molecule has 2 aromatic heterocycles. The number of carbonyl (C=O) groups excluding carboxylic acids is 2. The number of amides is 2. The van der Waals surface area contributed by atoms with Gasteiger partial charge in [0.2, 0.25) is 5.43 Å². The topological polar surface area (TPSA) is 93.3 Å². The Morgan fingerprint density at radius 3 is 2.60 bits per heavy atom. The third-order valence-corrected chi connectivity index (χ3v) is 8.74. The zero-order chi connectivity index (χ0) is 28.2. The van der Waals surface area contributed by atoms with Gasteiger partial charge in [0.15, 0.2) is 0 Å². The third kappa shape index (κ3) is 4.53. The summed E-state index contributed by atoms with van der Waals surface area (Å²) in [6, 6.07) is 12.4. The van der Waals surface area contributed by atoms with Crippen molar-refractivity contribution < 1.29 is 9.59 Å². The molecule has 0 bridgehead atoms. The summed E-state index contributed by atoms with van der Waals surface area (Å²) in [5.74, 6) is -0.323. The van der Waals surface area contributed by atoms with Crippen LogP contribution >= 0.6 is 27.5 Å². The molecule has 6 rings (SSSR count). The molecule has 2 amide bonds. The normalized spacial score (nSPS) is 18.7. The summed E-state index contributed by atoms with van der Waals surface area (Å²) >= 11 is 9.60. The van der Waals surface area contributed by atoms with Crippen LogP contribution in [0, 0.1) is 0 Å². The first kappa shape index (κ1) is 26.7. The lowest BCUT2D eigenvalue weighted by atomic mass is 9.79. The van der Waals surface area contributed by atoms with Gasteiger partial charge >= 0.3 is 0 Å². The largest absolute Gasteiger partial charge is 0.347 e. The van der Waals surface area contributed by atoms with Crippen molar-refractivity contribution in [2.75, 3.05) is 24.5 Å². The van der Waals surface area contributed by atoms with E-state index in [1.54, 1.807) is 38.9 Å². The van der Waals surface area contributed by atoms with Gasteiger partial charge in [0, 0.05) is 58.4 Å². The highest BCUT2D eigenvalue weighted by Gasteiger charge is 2.46. The molecule has 2 fully saturated rings. The number of benzene rings is 2. The van der Waals surface area contributed by atoms with Gasteiger partial charge in [-0.1, -0.05) is 39.7 Å². The van der Waals surface area contributed by atoms with Gasteiger partial charge in [0.25, 0.3) is 11.8 Å². The first-order valence-electron chi connectivity index (χ1n) is 13.3. The maximum Gasteiger partial charge on any atom is 0.259 e. The second-order valence-corrected chi connectivity index (χ2v) is 12.1. The van der Waals surface area contributed by atoms with E-state index in [0.29, 0.717) is 43.0 Å². The van der Waals surface area contributed by atoms with E-state index >= 15 is 0 Å². The van der Waals surface area contributed by atoms with Gasteiger partial charge in [-0.15, -0.1) is 5.10 Å². The highest BCUT2D eigenvalue weighted by molar-refractivity contribution is 9.10. The fourth-order valence-corrected chi connectivity index (χ4v) is 6.18. The van der Waals surface area contributed by atoms with E-state index in [9.17, 15) is 14.4 Å². The monoisotopic (exact) mass is 622 g/mol. The quantitative estimate of drug-likeness (QED) is 0.318. The number of anilines is 1. The van der Waals surface area contributed by atoms with Crippen molar-refractivity contribution >= 4 is 55.9 Å². The third-order valence-electron chi connectivity index (χ3n) is 7.98. The number of piperidine rings is 1. The highest BCUT2D eigenvalue weighted by Crippen LogP contribution is 2.35. The van der Waals surface area contributed by atoms with Crippen LogP contribution in [0.2, 0.25) is 5.02 Å².